The molecule has 12 heteroatoms. The molecule has 0 atom stereocenters. The molecule has 1 amide bonds. The molecule has 3 heterocycles. The van der Waals surface area contributed by atoms with Crippen LogP contribution in [-0.2, 0) is 14.6 Å². The lowest BCUT2D eigenvalue weighted by Crippen LogP contribution is -2.35. The van der Waals surface area contributed by atoms with Crippen molar-refractivity contribution in [3.63, 3.8) is 0 Å². The lowest BCUT2D eigenvalue weighted by molar-refractivity contribution is -0.114. The number of fused-ring (bicyclic) bond motifs is 1. The van der Waals surface area contributed by atoms with Crippen molar-refractivity contribution in [1.82, 2.24) is 5.01 Å². The van der Waals surface area contributed by atoms with Gasteiger partial charge in [-0.05, 0) is 42.1 Å². The highest BCUT2D eigenvalue weighted by molar-refractivity contribution is 8.42. The number of amidine groups is 2. The van der Waals surface area contributed by atoms with Gasteiger partial charge in [0.2, 0.25) is 19.4 Å². The average molecular weight is 458 g/mol. The molecular weight excluding hydrogens is 444 g/mol. The Bertz CT molecular complexity index is 1340. The number of hydrogen-bond donors (Lipinski definition) is 2. The molecule has 2 aliphatic heterocycles. The van der Waals surface area contributed by atoms with Crippen LogP contribution in [0.4, 0.5) is 0 Å². The molecule has 0 spiro atoms. The lowest BCUT2D eigenvalue weighted by atomic mass is 10.1. The molecule has 0 bridgehead atoms. The third-order valence-corrected chi connectivity index (χ3v) is 7.48. The molecule has 4 rings (SSSR count). The number of sulfone groups is 1. The van der Waals surface area contributed by atoms with E-state index < -0.39 is 21.7 Å². The summed E-state index contributed by atoms with van der Waals surface area (Å²) in [6, 6.07) is 9.34. The number of thioether (sulfide) groups is 1. The molecule has 1 aromatic carbocycles. The predicted octanol–water partition coefficient (Wildman–Crippen LogP) is 2.66. The van der Waals surface area contributed by atoms with Crippen molar-refractivity contribution in [2.24, 2.45) is 10.1 Å². The predicted molar refractivity (Wildman–Crippen MR) is 116 cm³/mol. The van der Waals surface area contributed by atoms with Crippen LogP contribution in [0.3, 0.4) is 0 Å². The van der Waals surface area contributed by atoms with Gasteiger partial charge in [-0.1, -0.05) is 19.1 Å². The number of aliphatic imine (C=N–C) groups is 1. The van der Waals surface area contributed by atoms with Crippen molar-refractivity contribution in [1.29, 1.82) is 5.41 Å². The van der Waals surface area contributed by atoms with Crippen LogP contribution in [0.15, 0.2) is 56.5 Å². The summed E-state index contributed by atoms with van der Waals surface area (Å²) in [5, 5.41) is 22.3. The first kappa shape index (κ1) is 20.8. The monoisotopic (exact) mass is 458 g/mol. The highest BCUT2D eigenvalue weighted by atomic mass is 32.3. The van der Waals surface area contributed by atoms with E-state index in [9.17, 15) is 18.0 Å². The van der Waals surface area contributed by atoms with Gasteiger partial charge in [0.25, 0.3) is 5.91 Å². The minimum atomic E-state index is -3.61. The van der Waals surface area contributed by atoms with Gasteiger partial charge in [-0.3, -0.25) is 10.2 Å². The highest BCUT2D eigenvalue weighted by Gasteiger charge is 2.39. The molecule has 2 N–H and O–H groups in total. The van der Waals surface area contributed by atoms with E-state index >= 15 is 0 Å². The molecule has 0 fully saturated rings. The number of carbonyl (C=O) groups excluding carboxylic acids is 1. The first-order valence-electron chi connectivity index (χ1n) is 8.86. The summed E-state index contributed by atoms with van der Waals surface area (Å²) in [5.41, 5.74) is 0.510. The van der Waals surface area contributed by atoms with Crippen molar-refractivity contribution in [2.45, 2.75) is 6.92 Å². The lowest BCUT2D eigenvalue weighted by Gasteiger charge is -2.19. The Kier molecular flexibility index (Phi) is 5.11. The first-order valence-corrected chi connectivity index (χ1v) is 11.3. The van der Waals surface area contributed by atoms with Gasteiger partial charge in [0.15, 0.2) is 5.84 Å². The van der Waals surface area contributed by atoms with Crippen LogP contribution in [0, 0.1) is 5.41 Å². The van der Waals surface area contributed by atoms with Gasteiger partial charge >= 0.3 is 5.97 Å². The van der Waals surface area contributed by atoms with E-state index in [2.05, 4.69) is 10.1 Å². The van der Waals surface area contributed by atoms with Gasteiger partial charge in [0.05, 0.1) is 16.9 Å². The maximum absolute atomic E-state index is 12.4. The van der Waals surface area contributed by atoms with Crippen LogP contribution in [0.25, 0.3) is 17.4 Å². The molecule has 10 nitrogen and oxygen atoms in total. The summed E-state index contributed by atoms with van der Waals surface area (Å²) in [4.78, 5) is 27.4. The van der Waals surface area contributed by atoms with E-state index in [4.69, 9.17) is 14.9 Å². The van der Waals surface area contributed by atoms with E-state index in [-0.39, 0.29) is 38.0 Å². The third-order valence-electron chi connectivity index (χ3n) is 4.39. The Morgan fingerprint density at radius 2 is 2.10 bits per heavy atom. The first-order chi connectivity index (χ1) is 14.7. The number of nitrogens with one attached hydrogen (secondary N) is 1. The quantitative estimate of drug-likeness (QED) is 0.663. The number of benzene rings is 1. The summed E-state index contributed by atoms with van der Waals surface area (Å²) in [7, 11) is -3.61. The molecular formula is C19H14N4O6S2. The van der Waals surface area contributed by atoms with Crippen LogP contribution in [-0.4, -0.2) is 51.5 Å². The molecule has 0 saturated heterocycles. The van der Waals surface area contributed by atoms with Gasteiger partial charge in [0, 0.05) is 5.56 Å². The van der Waals surface area contributed by atoms with E-state index in [0.29, 0.717) is 11.3 Å². The van der Waals surface area contributed by atoms with Crippen molar-refractivity contribution in [3.8, 4) is 11.3 Å². The summed E-state index contributed by atoms with van der Waals surface area (Å²) < 4.78 is 29.6. The van der Waals surface area contributed by atoms with Crippen molar-refractivity contribution < 1.29 is 27.5 Å². The molecule has 2 aromatic rings. The standard InChI is InChI=1S/C19H14N4O6S2/c1-2-31(27,28)19-22-23-15(20)13(16(24)21-18(23)30-19)9-12-6-7-14(29-12)10-4-3-5-11(8-10)17(25)26/h3-9,20H,2H2,1H3,(H,25,26)/b13-9+,20-15?. The van der Waals surface area contributed by atoms with Crippen LogP contribution < -0.4 is 0 Å². The van der Waals surface area contributed by atoms with Crippen molar-refractivity contribution in [3.05, 3.63) is 53.3 Å². The summed E-state index contributed by atoms with van der Waals surface area (Å²) in [6.45, 7) is 1.47. The van der Waals surface area contributed by atoms with Gasteiger partial charge < -0.3 is 9.52 Å². The third kappa shape index (κ3) is 3.82. The minimum absolute atomic E-state index is 0.00444. The maximum atomic E-state index is 12.4. The van der Waals surface area contributed by atoms with Gasteiger partial charge in [-0.25, -0.2) is 13.2 Å². The fourth-order valence-corrected chi connectivity index (χ4v) is 4.92. The number of hydrazone groups is 1. The summed E-state index contributed by atoms with van der Waals surface area (Å²) >= 11 is 0.725. The Labute approximate surface area is 180 Å². The highest BCUT2D eigenvalue weighted by Crippen LogP contribution is 2.31. The Morgan fingerprint density at radius 1 is 1.32 bits per heavy atom. The number of carboxylic acid groups (broad SMARTS) is 1. The maximum Gasteiger partial charge on any atom is 0.335 e. The fraction of sp³-hybridized carbons (Fsp3) is 0.105. The number of nitrogens with zero attached hydrogens (tertiary/aromatic N) is 3. The topological polar surface area (TPSA) is 153 Å². The second-order valence-corrected chi connectivity index (χ2v) is 9.79. The normalized spacial score (nSPS) is 17.6. The summed E-state index contributed by atoms with van der Waals surface area (Å²) in [6.07, 6.45) is 1.31. The molecule has 0 unspecified atom stereocenters. The van der Waals surface area contributed by atoms with Crippen LogP contribution in [0.5, 0.6) is 0 Å². The minimum Gasteiger partial charge on any atom is -0.478 e. The molecule has 2 aliphatic rings. The molecule has 0 saturated carbocycles. The zero-order chi connectivity index (χ0) is 22.3. The number of aromatic carboxylic acids is 1. The molecule has 1 aromatic heterocycles. The second kappa shape index (κ2) is 7.63. The van der Waals surface area contributed by atoms with E-state index in [1.165, 1.54) is 25.1 Å². The van der Waals surface area contributed by atoms with E-state index in [0.717, 1.165) is 16.8 Å². The number of amides is 1. The largest absolute Gasteiger partial charge is 0.478 e. The number of carboxylic acids is 1. The zero-order valence-corrected chi connectivity index (χ0v) is 17.5. The fourth-order valence-electron chi connectivity index (χ4n) is 2.76. The number of carbonyl (C=O) groups is 2. The second-order valence-electron chi connectivity index (χ2n) is 6.38. The van der Waals surface area contributed by atoms with E-state index in [1.807, 2.05) is 0 Å². The van der Waals surface area contributed by atoms with Crippen molar-refractivity contribution in [2.75, 3.05) is 5.75 Å². The van der Waals surface area contributed by atoms with Crippen LogP contribution in [0.1, 0.15) is 23.0 Å². The summed E-state index contributed by atoms with van der Waals surface area (Å²) in [5.74, 6) is -1.67. The Balaban J connectivity index is 1.65. The van der Waals surface area contributed by atoms with Gasteiger partial charge in [-0.15, -0.1) is 5.10 Å². The number of hydrogen-bond acceptors (Lipinski definition) is 8. The Morgan fingerprint density at radius 3 is 2.81 bits per heavy atom. The van der Waals surface area contributed by atoms with Gasteiger partial charge in [0.1, 0.15) is 11.5 Å². The van der Waals surface area contributed by atoms with Crippen LogP contribution in [0.2, 0.25) is 0 Å². The molecule has 31 heavy (non-hydrogen) atoms. The Hall–Kier alpha value is -3.51. The van der Waals surface area contributed by atoms with Gasteiger partial charge in [-0.2, -0.15) is 10.0 Å². The van der Waals surface area contributed by atoms with E-state index in [1.54, 1.807) is 24.3 Å². The molecule has 0 radical (unpaired) electrons. The number of rotatable bonds is 4. The average Bonchev–Trinajstić information content (AvgIpc) is 3.39. The molecule has 0 aliphatic carbocycles. The molecule has 158 valence electrons. The smallest absolute Gasteiger partial charge is 0.335 e. The van der Waals surface area contributed by atoms with Crippen molar-refractivity contribution >= 4 is 54.9 Å². The van der Waals surface area contributed by atoms with Crippen LogP contribution >= 0.6 is 11.8 Å². The SMILES string of the molecule is CCS(=O)(=O)C1=NN2C(=N)/C(=C\c3ccc(-c4cccc(C(=O)O)c4)o3)C(=O)N=C2S1. The number of furan rings is 1. The zero-order valence-electron chi connectivity index (χ0n) is 15.9.